The van der Waals surface area contributed by atoms with Gasteiger partial charge in [-0.2, -0.15) is 11.3 Å². The lowest BCUT2D eigenvalue weighted by Crippen LogP contribution is -2.12. The number of nitrogens with one attached hydrogen (secondary N) is 1. The van der Waals surface area contributed by atoms with Gasteiger partial charge in [0, 0.05) is 13.1 Å². The van der Waals surface area contributed by atoms with E-state index in [4.69, 9.17) is 16.3 Å². The molecule has 4 heteroatoms. The van der Waals surface area contributed by atoms with Crippen molar-refractivity contribution in [3.63, 3.8) is 0 Å². The first-order valence-electron chi connectivity index (χ1n) is 5.34. The molecule has 0 spiro atoms. The molecule has 17 heavy (non-hydrogen) atoms. The third-order valence-corrected chi connectivity index (χ3v) is 3.48. The lowest BCUT2D eigenvalue weighted by Gasteiger charge is -2.07. The summed E-state index contributed by atoms with van der Waals surface area (Å²) in [6, 6.07) is 7.97. The van der Waals surface area contributed by atoms with E-state index in [0.29, 0.717) is 10.8 Å². The SMILES string of the molecule is COc1ccc(CNCc2ccsc2)cc1Cl. The van der Waals surface area contributed by atoms with Crippen molar-refractivity contribution < 1.29 is 4.74 Å². The molecule has 1 aromatic heterocycles. The van der Waals surface area contributed by atoms with Crippen molar-refractivity contribution in [3.8, 4) is 5.75 Å². The van der Waals surface area contributed by atoms with Crippen molar-refractivity contribution in [3.05, 3.63) is 51.2 Å². The van der Waals surface area contributed by atoms with Gasteiger partial charge in [0.05, 0.1) is 12.1 Å². The van der Waals surface area contributed by atoms with Crippen LogP contribution in [0.25, 0.3) is 0 Å². The van der Waals surface area contributed by atoms with E-state index in [1.54, 1.807) is 18.4 Å². The molecule has 0 atom stereocenters. The Morgan fingerprint density at radius 1 is 1.24 bits per heavy atom. The Hall–Kier alpha value is -1.03. The first-order chi connectivity index (χ1) is 8.29. The maximum absolute atomic E-state index is 6.06. The van der Waals surface area contributed by atoms with Crippen molar-refractivity contribution in [1.29, 1.82) is 0 Å². The average Bonchev–Trinajstić information content (AvgIpc) is 2.82. The maximum atomic E-state index is 6.06. The fourth-order valence-corrected chi connectivity index (χ4v) is 2.51. The molecule has 2 aromatic rings. The fraction of sp³-hybridized carbons (Fsp3) is 0.231. The molecule has 0 aliphatic carbocycles. The van der Waals surface area contributed by atoms with Gasteiger partial charge in [0.2, 0.25) is 0 Å². The maximum Gasteiger partial charge on any atom is 0.137 e. The lowest BCUT2D eigenvalue weighted by atomic mass is 10.2. The van der Waals surface area contributed by atoms with Crippen LogP contribution in [0.5, 0.6) is 5.75 Å². The van der Waals surface area contributed by atoms with Gasteiger partial charge in [0.15, 0.2) is 0 Å². The molecule has 0 saturated carbocycles. The second-order valence-corrected chi connectivity index (χ2v) is 4.89. The van der Waals surface area contributed by atoms with Crippen LogP contribution in [0.15, 0.2) is 35.0 Å². The van der Waals surface area contributed by atoms with Crippen LogP contribution in [-0.2, 0) is 13.1 Å². The zero-order valence-corrected chi connectivity index (χ0v) is 11.1. The average molecular weight is 268 g/mol. The Labute approximate surface area is 110 Å². The molecular weight excluding hydrogens is 254 g/mol. The van der Waals surface area contributed by atoms with Gasteiger partial charge in [-0.15, -0.1) is 0 Å². The van der Waals surface area contributed by atoms with Crippen LogP contribution >= 0.6 is 22.9 Å². The van der Waals surface area contributed by atoms with Crippen LogP contribution < -0.4 is 10.1 Å². The molecule has 2 rings (SSSR count). The summed E-state index contributed by atoms with van der Waals surface area (Å²) in [5, 5.41) is 8.26. The van der Waals surface area contributed by atoms with Crippen molar-refractivity contribution >= 4 is 22.9 Å². The topological polar surface area (TPSA) is 21.3 Å². The standard InChI is InChI=1S/C13H14ClNOS/c1-16-13-3-2-10(6-12(13)14)7-15-8-11-4-5-17-9-11/h2-6,9,15H,7-8H2,1H3. The first kappa shape index (κ1) is 12.4. The summed E-state index contributed by atoms with van der Waals surface area (Å²) in [7, 11) is 1.62. The molecule has 1 aromatic carbocycles. The van der Waals surface area contributed by atoms with Gasteiger partial charge < -0.3 is 10.1 Å². The van der Waals surface area contributed by atoms with Crippen molar-refractivity contribution in [2.45, 2.75) is 13.1 Å². The van der Waals surface area contributed by atoms with Crippen molar-refractivity contribution in [2.75, 3.05) is 7.11 Å². The highest BCUT2D eigenvalue weighted by Crippen LogP contribution is 2.24. The molecule has 0 aliphatic heterocycles. The Morgan fingerprint density at radius 3 is 2.71 bits per heavy atom. The molecule has 0 saturated heterocycles. The molecule has 1 N–H and O–H groups in total. The van der Waals surface area contributed by atoms with E-state index in [9.17, 15) is 0 Å². The second kappa shape index (κ2) is 6.05. The van der Waals surface area contributed by atoms with Gasteiger partial charge in [0.25, 0.3) is 0 Å². The minimum absolute atomic E-state index is 0.655. The summed E-state index contributed by atoms with van der Waals surface area (Å²) in [6.45, 7) is 1.69. The number of hydrogen-bond donors (Lipinski definition) is 1. The molecule has 0 aliphatic rings. The lowest BCUT2D eigenvalue weighted by molar-refractivity contribution is 0.415. The molecule has 90 valence electrons. The van der Waals surface area contributed by atoms with E-state index in [1.165, 1.54) is 5.56 Å². The van der Waals surface area contributed by atoms with Crippen LogP contribution in [0, 0.1) is 0 Å². The van der Waals surface area contributed by atoms with Crippen LogP contribution in [0.3, 0.4) is 0 Å². The van der Waals surface area contributed by atoms with Gasteiger partial charge in [-0.05, 0) is 40.1 Å². The summed E-state index contributed by atoms with van der Waals surface area (Å²) in [5.41, 5.74) is 2.47. The summed E-state index contributed by atoms with van der Waals surface area (Å²) < 4.78 is 5.11. The Morgan fingerprint density at radius 2 is 2.06 bits per heavy atom. The normalized spacial score (nSPS) is 10.5. The highest BCUT2D eigenvalue weighted by Gasteiger charge is 2.01. The smallest absolute Gasteiger partial charge is 0.137 e. The van der Waals surface area contributed by atoms with Gasteiger partial charge in [-0.3, -0.25) is 0 Å². The number of thiophene rings is 1. The molecule has 0 amide bonds. The van der Waals surface area contributed by atoms with E-state index in [-0.39, 0.29) is 0 Å². The second-order valence-electron chi connectivity index (χ2n) is 3.70. The van der Waals surface area contributed by atoms with E-state index < -0.39 is 0 Å². The van der Waals surface area contributed by atoms with Crippen LogP contribution in [0.4, 0.5) is 0 Å². The predicted molar refractivity (Wildman–Crippen MR) is 72.9 cm³/mol. The highest BCUT2D eigenvalue weighted by atomic mass is 35.5. The van der Waals surface area contributed by atoms with Crippen molar-refractivity contribution in [1.82, 2.24) is 5.32 Å². The fourth-order valence-electron chi connectivity index (χ4n) is 1.56. The number of benzene rings is 1. The molecule has 1 heterocycles. The molecule has 0 fully saturated rings. The minimum Gasteiger partial charge on any atom is -0.495 e. The van der Waals surface area contributed by atoms with Crippen LogP contribution in [-0.4, -0.2) is 7.11 Å². The third kappa shape index (κ3) is 3.46. The summed E-state index contributed by atoms with van der Waals surface area (Å²) in [5.74, 6) is 0.716. The number of halogens is 1. The van der Waals surface area contributed by atoms with E-state index in [2.05, 4.69) is 22.1 Å². The zero-order valence-electron chi connectivity index (χ0n) is 9.57. The summed E-state index contributed by atoms with van der Waals surface area (Å²) >= 11 is 7.77. The highest BCUT2D eigenvalue weighted by molar-refractivity contribution is 7.07. The molecule has 0 radical (unpaired) electrons. The number of rotatable bonds is 5. The molecular formula is C13H14ClNOS. The largest absolute Gasteiger partial charge is 0.495 e. The van der Waals surface area contributed by atoms with E-state index >= 15 is 0 Å². The Balaban J connectivity index is 1.89. The third-order valence-electron chi connectivity index (χ3n) is 2.45. The van der Waals surface area contributed by atoms with Gasteiger partial charge in [-0.1, -0.05) is 17.7 Å². The monoisotopic (exact) mass is 267 g/mol. The van der Waals surface area contributed by atoms with Crippen molar-refractivity contribution in [2.24, 2.45) is 0 Å². The van der Waals surface area contributed by atoms with Gasteiger partial charge >= 0.3 is 0 Å². The van der Waals surface area contributed by atoms with E-state index in [0.717, 1.165) is 18.7 Å². The quantitative estimate of drug-likeness (QED) is 0.892. The minimum atomic E-state index is 0.655. The number of ether oxygens (including phenoxy) is 1. The van der Waals surface area contributed by atoms with Gasteiger partial charge in [-0.25, -0.2) is 0 Å². The van der Waals surface area contributed by atoms with Crippen LogP contribution in [0.2, 0.25) is 5.02 Å². The molecule has 0 bridgehead atoms. The van der Waals surface area contributed by atoms with Gasteiger partial charge in [0.1, 0.15) is 5.75 Å². The number of methoxy groups -OCH3 is 1. The number of hydrogen-bond acceptors (Lipinski definition) is 3. The zero-order chi connectivity index (χ0) is 12.1. The molecule has 0 unspecified atom stereocenters. The van der Waals surface area contributed by atoms with Crippen LogP contribution in [0.1, 0.15) is 11.1 Å². The van der Waals surface area contributed by atoms with E-state index in [1.807, 2.05) is 18.2 Å². The molecule has 2 nitrogen and oxygen atoms in total. The predicted octanol–water partition coefficient (Wildman–Crippen LogP) is 3.70. The Kier molecular flexibility index (Phi) is 4.42. The first-order valence-corrected chi connectivity index (χ1v) is 6.66. The Bertz CT molecular complexity index is 470. The summed E-state index contributed by atoms with van der Waals surface area (Å²) in [4.78, 5) is 0. The summed E-state index contributed by atoms with van der Waals surface area (Å²) in [6.07, 6.45) is 0.